The summed E-state index contributed by atoms with van der Waals surface area (Å²) in [6, 6.07) is 0. The van der Waals surface area contributed by atoms with Gasteiger partial charge in [0.15, 0.2) is 0 Å². The Bertz CT molecular complexity index is 349. The Morgan fingerprint density at radius 1 is 1.17 bits per heavy atom. The molecule has 0 aromatic rings. The summed E-state index contributed by atoms with van der Waals surface area (Å²) >= 11 is 0. The first-order chi connectivity index (χ1) is 10.6. The van der Waals surface area contributed by atoms with Gasteiger partial charge >= 0.3 is 35.5 Å². The van der Waals surface area contributed by atoms with Gasteiger partial charge in [-0.25, -0.2) is 0 Å². The Hall–Kier alpha value is -0.400. The quantitative estimate of drug-likeness (QED) is 0.126. The third kappa shape index (κ3) is 17.8. The molecule has 0 aromatic heterocycles. The van der Waals surface area contributed by atoms with E-state index in [0.29, 0.717) is 39.0 Å². The van der Waals surface area contributed by atoms with E-state index >= 15 is 0 Å². The summed E-state index contributed by atoms with van der Waals surface area (Å²) in [5, 5.41) is 29.1. The molecule has 0 rings (SSSR count). The van der Waals surface area contributed by atoms with E-state index in [-0.39, 0.29) is 48.5 Å². The predicted octanol–water partition coefficient (Wildman–Crippen LogP) is -1.96. The van der Waals surface area contributed by atoms with Crippen LogP contribution in [0, 0.1) is 0 Å². The SMILES string of the molecule is C/C=C/CCCCC([O-])=NCCN(CCCO)CCC(=O)O.[Na+]. The van der Waals surface area contributed by atoms with Crippen LogP contribution < -0.4 is 34.7 Å². The van der Waals surface area contributed by atoms with Crippen molar-refractivity contribution in [2.45, 2.75) is 45.4 Å². The molecule has 0 aliphatic heterocycles. The van der Waals surface area contributed by atoms with Crippen LogP contribution in [0.25, 0.3) is 0 Å². The van der Waals surface area contributed by atoms with Crippen LogP contribution in [0.4, 0.5) is 0 Å². The maximum atomic E-state index is 11.6. The van der Waals surface area contributed by atoms with E-state index in [0.717, 1.165) is 19.3 Å². The van der Waals surface area contributed by atoms with Gasteiger partial charge in [-0.15, -0.1) is 0 Å². The fourth-order valence-corrected chi connectivity index (χ4v) is 1.98. The Kier molecular flexibility index (Phi) is 19.4. The van der Waals surface area contributed by atoms with Gasteiger partial charge in [0.05, 0.1) is 13.0 Å². The standard InChI is InChI=1S/C16H30N2O4.Na/c1-2-3-4-5-6-8-15(20)17-10-13-18(11-7-14-19)12-9-16(21)22;/h2-3,19H,4-14H2,1H3,(H,17,20)(H,21,22);/q;+1/p-1/b3-2+;. The van der Waals surface area contributed by atoms with Gasteiger partial charge in [-0.05, 0) is 44.9 Å². The summed E-state index contributed by atoms with van der Waals surface area (Å²) in [6.45, 7) is 4.04. The average Bonchev–Trinajstić information content (AvgIpc) is 2.49. The second-order valence-corrected chi connectivity index (χ2v) is 5.15. The van der Waals surface area contributed by atoms with Gasteiger partial charge in [0, 0.05) is 26.2 Å². The molecule has 0 aliphatic rings. The molecule has 0 heterocycles. The largest absolute Gasteiger partial charge is 1.00 e. The number of unbranched alkanes of at least 4 members (excludes halogenated alkanes) is 2. The van der Waals surface area contributed by atoms with Crippen molar-refractivity contribution in [2.24, 2.45) is 4.99 Å². The minimum absolute atomic E-state index is 0. The number of nitrogens with zero attached hydrogens (tertiary/aromatic N) is 2. The van der Waals surface area contributed by atoms with E-state index in [2.05, 4.69) is 11.1 Å². The van der Waals surface area contributed by atoms with Gasteiger partial charge in [-0.2, -0.15) is 0 Å². The molecule has 0 atom stereocenters. The molecule has 0 amide bonds. The first-order valence-corrected chi connectivity index (χ1v) is 7.96. The number of allylic oxidation sites excluding steroid dienone is 2. The molecule has 0 aromatic carbocycles. The Labute approximate surface area is 161 Å². The molecule has 0 spiro atoms. The van der Waals surface area contributed by atoms with E-state index in [4.69, 9.17) is 10.2 Å². The molecule has 128 valence electrons. The van der Waals surface area contributed by atoms with Gasteiger partial charge in [-0.1, -0.05) is 12.2 Å². The third-order valence-electron chi connectivity index (χ3n) is 3.23. The molecule has 2 N–H and O–H groups in total. The minimum atomic E-state index is -0.844. The molecule has 0 unspecified atom stereocenters. The van der Waals surface area contributed by atoms with Crippen LogP contribution in [0.1, 0.15) is 45.4 Å². The third-order valence-corrected chi connectivity index (χ3v) is 3.23. The number of aliphatic carboxylic acids is 1. The van der Waals surface area contributed by atoms with Gasteiger partial charge < -0.3 is 25.2 Å². The van der Waals surface area contributed by atoms with Crippen molar-refractivity contribution in [3.63, 3.8) is 0 Å². The van der Waals surface area contributed by atoms with E-state index in [1.165, 1.54) is 0 Å². The molecular formula is C16H29N2NaO4. The molecule has 7 heteroatoms. The fourth-order valence-electron chi connectivity index (χ4n) is 1.98. The minimum Gasteiger partial charge on any atom is -0.862 e. The van der Waals surface area contributed by atoms with E-state index in [1.807, 2.05) is 17.9 Å². The topological polar surface area (TPSA) is 96.2 Å². The van der Waals surface area contributed by atoms with Gasteiger partial charge in [0.25, 0.3) is 0 Å². The number of aliphatic hydroxyl groups is 1. The second-order valence-electron chi connectivity index (χ2n) is 5.15. The number of aliphatic imine (C=N–C) groups is 1. The monoisotopic (exact) mass is 336 g/mol. The number of carbonyl (C=O) groups is 1. The average molecular weight is 336 g/mol. The second kappa shape index (κ2) is 17.9. The van der Waals surface area contributed by atoms with Crippen molar-refractivity contribution in [3.05, 3.63) is 12.2 Å². The summed E-state index contributed by atoms with van der Waals surface area (Å²) in [7, 11) is 0. The summed E-state index contributed by atoms with van der Waals surface area (Å²) in [5.74, 6) is -0.927. The van der Waals surface area contributed by atoms with Crippen LogP contribution in [0.3, 0.4) is 0 Å². The molecule has 0 saturated heterocycles. The Morgan fingerprint density at radius 2 is 1.91 bits per heavy atom. The van der Waals surface area contributed by atoms with Gasteiger partial charge in [-0.3, -0.25) is 4.79 Å². The van der Waals surface area contributed by atoms with Crippen molar-refractivity contribution in [2.75, 3.05) is 32.8 Å². The van der Waals surface area contributed by atoms with Crippen molar-refractivity contribution in [1.29, 1.82) is 0 Å². The Balaban J connectivity index is 0. The molecular weight excluding hydrogens is 307 g/mol. The summed E-state index contributed by atoms with van der Waals surface area (Å²) < 4.78 is 0. The Morgan fingerprint density at radius 3 is 2.52 bits per heavy atom. The number of carboxylic acid groups (broad SMARTS) is 1. The molecule has 0 saturated carbocycles. The van der Waals surface area contributed by atoms with Crippen molar-refractivity contribution in [1.82, 2.24) is 4.90 Å². The normalized spacial score (nSPS) is 11.9. The molecule has 0 fully saturated rings. The predicted molar refractivity (Wildman–Crippen MR) is 86.0 cm³/mol. The first kappa shape index (κ1) is 24.8. The summed E-state index contributed by atoms with van der Waals surface area (Å²) in [5.41, 5.74) is 0. The van der Waals surface area contributed by atoms with Gasteiger partial charge in [0.1, 0.15) is 0 Å². The first-order valence-electron chi connectivity index (χ1n) is 7.96. The summed E-state index contributed by atoms with van der Waals surface area (Å²) in [4.78, 5) is 16.5. The van der Waals surface area contributed by atoms with E-state index in [1.54, 1.807) is 0 Å². The van der Waals surface area contributed by atoms with Crippen LogP contribution in [0.15, 0.2) is 17.1 Å². The van der Waals surface area contributed by atoms with Crippen molar-refractivity contribution in [3.8, 4) is 0 Å². The molecule has 23 heavy (non-hydrogen) atoms. The zero-order valence-electron chi connectivity index (χ0n) is 14.5. The van der Waals surface area contributed by atoms with Crippen LogP contribution in [-0.4, -0.2) is 59.8 Å². The van der Waals surface area contributed by atoms with Crippen LogP contribution in [-0.2, 0) is 4.79 Å². The maximum Gasteiger partial charge on any atom is 1.00 e. The molecule has 0 aliphatic carbocycles. The van der Waals surface area contributed by atoms with Crippen molar-refractivity contribution >= 4 is 11.9 Å². The zero-order chi connectivity index (χ0) is 16.6. The smallest absolute Gasteiger partial charge is 0.862 e. The van der Waals surface area contributed by atoms with Crippen LogP contribution in [0.5, 0.6) is 0 Å². The number of hydrogen-bond acceptors (Lipinski definition) is 5. The maximum absolute atomic E-state index is 11.6. The number of carboxylic acids is 1. The molecule has 0 radical (unpaired) electrons. The van der Waals surface area contributed by atoms with Crippen molar-refractivity contribution < 1.29 is 49.7 Å². The molecule has 0 bridgehead atoms. The molecule has 6 nitrogen and oxygen atoms in total. The number of aliphatic hydroxyl groups excluding tert-OH is 1. The zero-order valence-corrected chi connectivity index (χ0v) is 16.5. The van der Waals surface area contributed by atoms with E-state index < -0.39 is 5.97 Å². The summed E-state index contributed by atoms with van der Waals surface area (Å²) in [6.07, 6.45) is 8.06. The number of rotatable bonds is 14. The van der Waals surface area contributed by atoms with Crippen LogP contribution in [0.2, 0.25) is 0 Å². The fraction of sp³-hybridized carbons (Fsp3) is 0.750. The number of hydrogen-bond donors (Lipinski definition) is 2. The van der Waals surface area contributed by atoms with Crippen LogP contribution >= 0.6 is 0 Å². The van der Waals surface area contributed by atoms with E-state index in [9.17, 15) is 9.90 Å². The van der Waals surface area contributed by atoms with Gasteiger partial charge in [0.2, 0.25) is 0 Å².